The monoisotopic (exact) mass is 800 g/mol. The highest BCUT2D eigenvalue weighted by Gasteiger charge is 2.34. The van der Waals surface area contributed by atoms with Crippen molar-refractivity contribution in [1.29, 1.82) is 0 Å². The van der Waals surface area contributed by atoms with Crippen molar-refractivity contribution in [3.63, 3.8) is 0 Å². The van der Waals surface area contributed by atoms with Crippen LogP contribution in [0.5, 0.6) is 5.75 Å². The number of aliphatic hydroxyl groups is 2. The molecule has 19 nitrogen and oxygen atoms in total. The molecule has 0 unspecified atom stereocenters. The number of carboxylic acids is 1. The molecule has 14 N–H and O–H groups in total. The first-order valence-corrected chi connectivity index (χ1v) is 18.5. The van der Waals surface area contributed by atoms with Gasteiger partial charge in [0.15, 0.2) is 0 Å². The smallest absolute Gasteiger partial charge is 0.326 e. The molecule has 0 aliphatic rings. The first kappa shape index (κ1) is 47.5. The van der Waals surface area contributed by atoms with Crippen LogP contribution in [0.25, 0.3) is 0 Å². The first-order chi connectivity index (χ1) is 27.0. The predicted octanol–water partition coefficient (Wildman–Crippen LogP) is -2.71. The largest absolute Gasteiger partial charge is 0.508 e. The molecule has 0 aliphatic heterocycles. The van der Waals surface area contributed by atoms with Gasteiger partial charge >= 0.3 is 5.97 Å². The summed E-state index contributed by atoms with van der Waals surface area (Å²) < 4.78 is 0. The average molecular weight is 801 g/mol. The lowest BCUT2D eigenvalue weighted by atomic mass is 9.99. The summed E-state index contributed by atoms with van der Waals surface area (Å²) in [6.45, 7) is 3.29. The molecule has 0 fully saturated rings. The van der Waals surface area contributed by atoms with Gasteiger partial charge in [0, 0.05) is 12.8 Å². The number of hydrogen-bond donors (Lipinski definition) is 12. The number of carbonyl (C=O) groups excluding carboxylic acids is 6. The Balaban J connectivity index is 2.33. The first-order valence-electron chi connectivity index (χ1n) is 18.5. The highest BCUT2D eigenvalue weighted by Crippen LogP contribution is 2.13. The molecule has 0 aliphatic carbocycles. The predicted molar refractivity (Wildman–Crippen MR) is 207 cm³/mol. The van der Waals surface area contributed by atoms with Gasteiger partial charge in [-0.05, 0) is 61.9 Å². The molecular formula is C38H56N8O11. The highest BCUT2D eigenvalue weighted by atomic mass is 16.4. The lowest BCUT2D eigenvalue weighted by Gasteiger charge is -2.28. The Morgan fingerprint density at radius 2 is 1.19 bits per heavy atom. The Labute approximate surface area is 330 Å². The number of phenols is 1. The number of unbranched alkanes of at least 4 members (excludes halogenated alkanes) is 1. The Morgan fingerprint density at radius 1 is 0.667 bits per heavy atom. The number of aromatic hydroxyl groups is 1. The van der Waals surface area contributed by atoms with E-state index in [9.17, 15) is 54.0 Å². The molecule has 2 aromatic carbocycles. The number of aliphatic hydroxyl groups excluding tert-OH is 2. The maximum atomic E-state index is 14.1. The van der Waals surface area contributed by atoms with Crippen LogP contribution in [0.1, 0.15) is 51.2 Å². The van der Waals surface area contributed by atoms with E-state index in [2.05, 4.69) is 31.9 Å². The molecule has 7 atom stereocenters. The molecule has 0 bridgehead atoms. The second-order valence-corrected chi connectivity index (χ2v) is 13.9. The second-order valence-electron chi connectivity index (χ2n) is 13.9. The fourth-order valence-electron chi connectivity index (χ4n) is 5.42. The average Bonchev–Trinajstić information content (AvgIpc) is 3.17. The summed E-state index contributed by atoms with van der Waals surface area (Å²) in [7, 11) is 0. The van der Waals surface area contributed by atoms with Crippen molar-refractivity contribution in [1.82, 2.24) is 31.9 Å². The third-order valence-corrected chi connectivity index (χ3v) is 8.81. The molecule has 0 heterocycles. The maximum Gasteiger partial charge on any atom is 0.326 e. The van der Waals surface area contributed by atoms with Crippen LogP contribution in [0.4, 0.5) is 0 Å². The quantitative estimate of drug-likeness (QED) is 0.0481. The lowest BCUT2D eigenvalue weighted by molar-refractivity contribution is -0.142. The van der Waals surface area contributed by atoms with E-state index in [1.165, 1.54) is 31.2 Å². The third kappa shape index (κ3) is 16.6. The maximum absolute atomic E-state index is 14.1. The standard InChI is InChI=1S/C38H56N8O11/c1-21(2)32(46-35(53)29(20-47)42-30(50)19-41-36(54)31(40)22(3)48)37(55)45-28(18-24-12-14-25(49)15-13-24)34(52)44-27(17-23-9-5-4-6-10-23)33(51)43-26(38(56)57)11-7-8-16-39/h4-6,9-10,12-15,21-22,26-29,31-32,47-49H,7-8,11,16-20,39-40H2,1-3H3,(H,41,54)(H,42,50)(H,43,51)(H,44,52)(H,45,55)(H,46,53)(H,56,57)/t22-,26+,27+,28+,29+,31+,32+/m1/s1. The molecule has 2 rings (SSSR count). The van der Waals surface area contributed by atoms with E-state index in [1.807, 2.05) is 0 Å². The molecule has 0 aromatic heterocycles. The van der Waals surface area contributed by atoms with Gasteiger partial charge in [-0.25, -0.2) is 4.79 Å². The Morgan fingerprint density at radius 3 is 1.70 bits per heavy atom. The van der Waals surface area contributed by atoms with E-state index in [-0.39, 0.29) is 25.0 Å². The Kier molecular flexibility index (Phi) is 20.1. The van der Waals surface area contributed by atoms with Crippen molar-refractivity contribution in [3.8, 4) is 5.75 Å². The van der Waals surface area contributed by atoms with E-state index in [0.29, 0.717) is 30.5 Å². The van der Waals surface area contributed by atoms with Crippen LogP contribution in [-0.2, 0) is 46.4 Å². The van der Waals surface area contributed by atoms with Crippen molar-refractivity contribution in [2.45, 2.75) is 95.2 Å². The summed E-state index contributed by atoms with van der Waals surface area (Å²) in [4.78, 5) is 91.2. The molecule has 57 heavy (non-hydrogen) atoms. The minimum Gasteiger partial charge on any atom is -0.508 e. The van der Waals surface area contributed by atoms with Crippen LogP contribution in [0.2, 0.25) is 0 Å². The van der Waals surface area contributed by atoms with Crippen LogP contribution in [0, 0.1) is 5.92 Å². The van der Waals surface area contributed by atoms with Gasteiger partial charge in [-0.1, -0.05) is 56.3 Å². The number of phenolic OH excluding ortho intramolecular Hbond substituents is 1. The summed E-state index contributed by atoms with van der Waals surface area (Å²) in [5.41, 5.74) is 12.2. The van der Waals surface area contributed by atoms with E-state index < -0.39 is 103 Å². The van der Waals surface area contributed by atoms with Gasteiger partial charge in [0.1, 0.15) is 42.0 Å². The SMILES string of the molecule is CC(C)[C@H](NC(=O)[C@H](CO)NC(=O)CNC(=O)[C@@H](N)[C@@H](C)O)C(=O)N[C@@H](Cc1ccc(O)cc1)C(=O)N[C@@H](Cc1ccccc1)C(=O)N[C@@H](CCCCN)C(=O)O. The molecule has 19 heteroatoms. The number of carbonyl (C=O) groups is 7. The van der Waals surface area contributed by atoms with Crippen molar-refractivity contribution in [2.24, 2.45) is 17.4 Å². The molecule has 0 saturated heterocycles. The fraction of sp³-hybridized carbons (Fsp3) is 0.500. The minimum absolute atomic E-state index is 0.0383. The molecule has 6 amide bonds. The van der Waals surface area contributed by atoms with Gasteiger partial charge in [0.25, 0.3) is 0 Å². The number of hydrogen-bond acceptors (Lipinski definition) is 12. The van der Waals surface area contributed by atoms with Crippen molar-refractivity contribution >= 4 is 41.4 Å². The van der Waals surface area contributed by atoms with Gasteiger partial charge in [0.2, 0.25) is 35.4 Å². The fourth-order valence-corrected chi connectivity index (χ4v) is 5.42. The van der Waals surface area contributed by atoms with Crippen molar-refractivity contribution in [3.05, 3.63) is 65.7 Å². The number of carboxylic acid groups (broad SMARTS) is 1. The number of nitrogens with two attached hydrogens (primary N) is 2. The van der Waals surface area contributed by atoms with Crippen LogP contribution < -0.4 is 43.4 Å². The van der Waals surface area contributed by atoms with E-state index in [0.717, 1.165) is 0 Å². The summed E-state index contributed by atoms with van der Waals surface area (Å²) in [6, 6.07) is 6.32. The topological polar surface area (TPSA) is 325 Å². The van der Waals surface area contributed by atoms with Crippen LogP contribution in [-0.4, -0.2) is 124 Å². The summed E-state index contributed by atoms with van der Waals surface area (Å²) in [6.07, 6.45) is -0.311. The van der Waals surface area contributed by atoms with Gasteiger partial charge < -0.3 is 63.8 Å². The van der Waals surface area contributed by atoms with E-state index in [4.69, 9.17) is 11.5 Å². The number of amides is 6. The zero-order chi connectivity index (χ0) is 42.7. The molecule has 0 radical (unpaired) electrons. The summed E-state index contributed by atoms with van der Waals surface area (Å²) in [5.74, 6) is -7.05. The van der Waals surface area contributed by atoms with Gasteiger partial charge in [0.05, 0.1) is 19.3 Å². The molecule has 0 saturated carbocycles. The zero-order valence-electron chi connectivity index (χ0n) is 32.3. The van der Waals surface area contributed by atoms with Gasteiger partial charge in [-0.3, -0.25) is 28.8 Å². The van der Waals surface area contributed by atoms with Crippen molar-refractivity contribution < 1.29 is 54.0 Å². The van der Waals surface area contributed by atoms with Gasteiger partial charge in [-0.2, -0.15) is 0 Å². The highest BCUT2D eigenvalue weighted by molar-refractivity contribution is 5.96. The van der Waals surface area contributed by atoms with E-state index >= 15 is 0 Å². The number of aliphatic carboxylic acids is 1. The summed E-state index contributed by atoms with van der Waals surface area (Å²) in [5, 5.41) is 53.7. The Hall–Kier alpha value is -5.63. The molecule has 0 spiro atoms. The molecule has 2 aromatic rings. The third-order valence-electron chi connectivity index (χ3n) is 8.81. The van der Waals surface area contributed by atoms with Crippen molar-refractivity contribution in [2.75, 3.05) is 19.7 Å². The van der Waals surface area contributed by atoms with Crippen LogP contribution in [0.3, 0.4) is 0 Å². The summed E-state index contributed by atoms with van der Waals surface area (Å²) >= 11 is 0. The number of benzene rings is 2. The normalized spacial score (nSPS) is 14.7. The van der Waals surface area contributed by atoms with Crippen LogP contribution in [0.15, 0.2) is 54.6 Å². The number of rotatable bonds is 24. The van der Waals surface area contributed by atoms with Crippen LogP contribution >= 0.6 is 0 Å². The molecular weight excluding hydrogens is 744 g/mol. The second kappa shape index (κ2) is 24.1. The van der Waals surface area contributed by atoms with Gasteiger partial charge in [-0.15, -0.1) is 0 Å². The zero-order valence-corrected chi connectivity index (χ0v) is 32.3. The number of nitrogens with one attached hydrogen (secondary N) is 6. The minimum atomic E-state index is -1.56. The van der Waals surface area contributed by atoms with E-state index in [1.54, 1.807) is 44.2 Å². The lowest BCUT2D eigenvalue weighted by Crippen LogP contribution is -2.61. The Bertz CT molecular complexity index is 1640. The molecule has 314 valence electrons.